The van der Waals surface area contributed by atoms with E-state index in [4.69, 9.17) is 9.72 Å². The lowest BCUT2D eigenvalue weighted by Crippen LogP contribution is -3.13. The number of hydrogen-bond acceptors (Lipinski definition) is 5. The first-order valence-corrected chi connectivity index (χ1v) is 12.1. The van der Waals surface area contributed by atoms with Crippen LogP contribution in [0.2, 0.25) is 0 Å². The van der Waals surface area contributed by atoms with Gasteiger partial charge in [-0.25, -0.2) is 9.97 Å². The SMILES string of the molecule is CCOc1ccc(C[NH+]2CCN(c3ncnc4sc5c(c34)C[C@@H](C)CC5)CC2)cc1. The van der Waals surface area contributed by atoms with Gasteiger partial charge in [0.05, 0.1) is 38.2 Å². The second-order valence-electron chi connectivity index (χ2n) is 8.72. The Morgan fingerprint density at radius 3 is 2.73 bits per heavy atom. The maximum Gasteiger partial charge on any atom is 0.141 e. The van der Waals surface area contributed by atoms with E-state index >= 15 is 0 Å². The van der Waals surface area contributed by atoms with Gasteiger partial charge in [-0.05, 0) is 61.9 Å². The summed E-state index contributed by atoms with van der Waals surface area (Å²) in [6.45, 7) is 10.6. The molecule has 0 unspecified atom stereocenters. The minimum Gasteiger partial charge on any atom is -0.494 e. The van der Waals surface area contributed by atoms with E-state index in [1.54, 1.807) is 16.1 Å². The number of anilines is 1. The summed E-state index contributed by atoms with van der Waals surface area (Å²) in [6, 6.07) is 8.59. The molecule has 1 aliphatic carbocycles. The van der Waals surface area contributed by atoms with Crippen molar-refractivity contribution in [3.05, 3.63) is 46.6 Å². The molecule has 5 rings (SSSR count). The molecule has 30 heavy (non-hydrogen) atoms. The number of rotatable bonds is 5. The molecular formula is C24H31N4OS+. The van der Waals surface area contributed by atoms with Gasteiger partial charge in [-0.1, -0.05) is 6.92 Å². The molecular weight excluding hydrogens is 392 g/mol. The number of nitrogens with zero attached hydrogens (tertiary/aromatic N) is 3. The monoisotopic (exact) mass is 423 g/mol. The molecule has 0 bridgehead atoms. The van der Waals surface area contributed by atoms with Crippen LogP contribution in [0.1, 0.15) is 36.3 Å². The summed E-state index contributed by atoms with van der Waals surface area (Å²) in [5.74, 6) is 2.90. The molecule has 0 spiro atoms. The van der Waals surface area contributed by atoms with Crippen molar-refractivity contribution in [2.75, 3.05) is 37.7 Å². The first-order chi connectivity index (χ1) is 14.7. The molecule has 6 heteroatoms. The Morgan fingerprint density at radius 1 is 1.17 bits per heavy atom. The highest BCUT2D eigenvalue weighted by Crippen LogP contribution is 2.40. The van der Waals surface area contributed by atoms with Gasteiger partial charge in [-0.2, -0.15) is 0 Å². The molecule has 1 aromatic carbocycles. The summed E-state index contributed by atoms with van der Waals surface area (Å²) in [7, 11) is 0. The first kappa shape index (κ1) is 19.8. The number of ether oxygens (including phenoxy) is 1. The van der Waals surface area contributed by atoms with Crippen molar-refractivity contribution in [1.82, 2.24) is 9.97 Å². The highest BCUT2D eigenvalue weighted by Gasteiger charge is 2.27. The third-order valence-corrected chi connectivity index (χ3v) is 7.73. The van der Waals surface area contributed by atoms with Crippen molar-refractivity contribution >= 4 is 27.4 Å². The summed E-state index contributed by atoms with van der Waals surface area (Å²) in [5.41, 5.74) is 2.92. The first-order valence-electron chi connectivity index (χ1n) is 11.3. The average molecular weight is 424 g/mol. The van der Waals surface area contributed by atoms with Gasteiger partial charge in [0.2, 0.25) is 0 Å². The van der Waals surface area contributed by atoms with Gasteiger partial charge in [-0.15, -0.1) is 11.3 Å². The van der Waals surface area contributed by atoms with Crippen LogP contribution in [0.5, 0.6) is 5.75 Å². The Hall–Kier alpha value is -2.18. The number of piperazine rings is 1. The molecule has 0 saturated carbocycles. The van der Waals surface area contributed by atoms with E-state index in [0.29, 0.717) is 0 Å². The van der Waals surface area contributed by atoms with E-state index in [1.807, 2.05) is 18.3 Å². The maximum absolute atomic E-state index is 5.56. The zero-order valence-electron chi connectivity index (χ0n) is 18.0. The molecule has 3 heterocycles. The fourth-order valence-corrected chi connectivity index (χ4v) is 6.05. The second-order valence-corrected chi connectivity index (χ2v) is 9.80. The molecule has 1 aliphatic heterocycles. The topological polar surface area (TPSA) is 42.7 Å². The van der Waals surface area contributed by atoms with Crippen LogP contribution in [-0.4, -0.2) is 42.8 Å². The van der Waals surface area contributed by atoms with Gasteiger partial charge in [-0.3, -0.25) is 0 Å². The number of aryl methyl sites for hydroxylation is 1. The Balaban J connectivity index is 1.29. The molecule has 0 amide bonds. The number of fused-ring (bicyclic) bond motifs is 3. The standard InChI is InChI=1S/C24H30N4OS/c1-3-29-19-7-5-18(6-8-19)15-27-10-12-28(13-11-27)23-22-20-14-17(2)4-9-21(20)30-24(22)26-16-25-23/h5-8,16-17H,3-4,9-15H2,1-2H3/p+1/t17-/m0/s1. The van der Waals surface area contributed by atoms with Crippen LogP contribution in [-0.2, 0) is 19.4 Å². The van der Waals surface area contributed by atoms with Gasteiger partial charge < -0.3 is 14.5 Å². The fraction of sp³-hybridized carbons (Fsp3) is 0.500. The highest BCUT2D eigenvalue weighted by atomic mass is 32.1. The fourth-order valence-electron chi connectivity index (χ4n) is 4.88. The van der Waals surface area contributed by atoms with Gasteiger partial charge in [0, 0.05) is 10.4 Å². The third-order valence-electron chi connectivity index (χ3n) is 6.53. The lowest BCUT2D eigenvalue weighted by molar-refractivity contribution is -0.914. The number of thiophene rings is 1. The van der Waals surface area contributed by atoms with Gasteiger partial charge in [0.15, 0.2) is 0 Å². The normalized spacial score (nSPS) is 19.8. The predicted octanol–water partition coefficient (Wildman–Crippen LogP) is 3.12. The number of hydrogen-bond donors (Lipinski definition) is 1. The van der Waals surface area contributed by atoms with Crippen molar-refractivity contribution in [2.45, 2.75) is 39.7 Å². The summed E-state index contributed by atoms with van der Waals surface area (Å²) >= 11 is 1.89. The van der Waals surface area contributed by atoms with Crippen LogP contribution in [0.15, 0.2) is 30.6 Å². The van der Waals surface area contributed by atoms with Crippen LogP contribution in [0, 0.1) is 5.92 Å². The molecule has 2 aromatic heterocycles. The number of nitrogens with one attached hydrogen (secondary N) is 1. The van der Waals surface area contributed by atoms with Crippen LogP contribution >= 0.6 is 11.3 Å². The molecule has 158 valence electrons. The van der Waals surface area contributed by atoms with E-state index in [2.05, 4.69) is 41.1 Å². The predicted molar refractivity (Wildman–Crippen MR) is 123 cm³/mol. The van der Waals surface area contributed by atoms with Crippen molar-refractivity contribution < 1.29 is 9.64 Å². The minimum absolute atomic E-state index is 0.717. The molecule has 5 nitrogen and oxygen atoms in total. The lowest BCUT2D eigenvalue weighted by Gasteiger charge is -2.33. The number of quaternary nitrogens is 1. The average Bonchev–Trinajstić information content (AvgIpc) is 3.14. The molecule has 1 fully saturated rings. The van der Waals surface area contributed by atoms with E-state index in [0.717, 1.165) is 51.0 Å². The molecule has 2 aliphatic rings. The maximum atomic E-state index is 5.56. The largest absolute Gasteiger partial charge is 0.494 e. The molecule has 1 saturated heterocycles. The smallest absolute Gasteiger partial charge is 0.141 e. The zero-order valence-corrected chi connectivity index (χ0v) is 18.8. The Labute approximate surface area is 182 Å². The summed E-state index contributed by atoms with van der Waals surface area (Å²) < 4.78 is 5.56. The Bertz CT molecular complexity index is 1010. The van der Waals surface area contributed by atoms with Gasteiger partial charge in [0.25, 0.3) is 0 Å². The zero-order chi connectivity index (χ0) is 20.5. The van der Waals surface area contributed by atoms with Crippen molar-refractivity contribution in [3.63, 3.8) is 0 Å². The Morgan fingerprint density at radius 2 is 1.97 bits per heavy atom. The molecule has 1 atom stereocenters. The summed E-state index contributed by atoms with van der Waals surface area (Å²) in [6.07, 6.45) is 5.45. The minimum atomic E-state index is 0.717. The van der Waals surface area contributed by atoms with Crippen molar-refractivity contribution in [2.24, 2.45) is 5.92 Å². The van der Waals surface area contributed by atoms with E-state index in [1.165, 1.54) is 46.4 Å². The van der Waals surface area contributed by atoms with E-state index in [9.17, 15) is 0 Å². The summed E-state index contributed by atoms with van der Waals surface area (Å²) in [4.78, 5) is 16.3. The quantitative estimate of drug-likeness (QED) is 0.685. The Kier molecular flexibility index (Phi) is 5.61. The van der Waals surface area contributed by atoms with E-state index < -0.39 is 0 Å². The van der Waals surface area contributed by atoms with Crippen LogP contribution in [0.3, 0.4) is 0 Å². The number of aromatic nitrogens is 2. The van der Waals surface area contributed by atoms with Gasteiger partial charge >= 0.3 is 0 Å². The van der Waals surface area contributed by atoms with Crippen LogP contribution in [0.4, 0.5) is 5.82 Å². The molecule has 0 radical (unpaired) electrons. The van der Waals surface area contributed by atoms with Crippen LogP contribution < -0.4 is 14.5 Å². The lowest BCUT2D eigenvalue weighted by atomic mass is 9.88. The second kappa shape index (κ2) is 8.52. The van der Waals surface area contributed by atoms with Crippen LogP contribution in [0.25, 0.3) is 10.2 Å². The summed E-state index contributed by atoms with van der Waals surface area (Å²) in [5, 5.41) is 1.35. The van der Waals surface area contributed by atoms with Crippen molar-refractivity contribution in [1.29, 1.82) is 0 Å². The van der Waals surface area contributed by atoms with Gasteiger partial charge in [0.1, 0.15) is 29.3 Å². The number of benzene rings is 1. The van der Waals surface area contributed by atoms with E-state index in [-0.39, 0.29) is 0 Å². The molecule has 3 aromatic rings. The molecule has 1 N–H and O–H groups in total. The highest BCUT2D eigenvalue weighted by molar-refractivity contribution is 7.19. The third kappa shape index (κ3) is 3.91. The van der Waals surface area contributed by atoms with Crippen molar-refractivity contribution in [3.8, 4) is 5.75 Å².